The third-order valence-corrected chi connectivity index (χ3v) is 6.86. The summed E-state index contributed by atoms with van der Waals surface area (Å²) in [6.45, 7) is 10.9. The van der Waals surface area contributed by atoms with E-state index in [-0.39, 0.29) is 11.4 Å². The molecule has 4 fully saturated rings. The van der Waals surface area contributed by atoms with Crippen LogP contribution in [0.25, 0.3) is 0 Å². The van der Waals surface area contributed by atoms with Crippen molar-refractivity contribution in [1.29, 1.82) is 0 Å². The maximum atomic E-state index is 12.3. The second-order valence-electron chi connectivity index (χ2n) is 8.96. The van der Waals surface area contributed by atoms with Gasteiger partial charge >= 0.3 is 5.97 Å². The molecule has 0 saturated heterocycles. The predicted molar refractivity (Wildman–Crippen MR) is 86.2 cm³/mol. The van der Waals surface area contributed by atoms with Crippen LogP contribution in [0.3, 0.4) is 0 Å². The summed E-state index contributed by atoms with van der Waals surface area (Å²) in [4.78, 5) is 12.3. The number of carbonyl (C=O) groups is 1. The van der Waals surface area contributed by atoms with E-state index in [0.717, 1.165) is 37.0 Å². The number of rotatable bonds is 4. The van der Waals surface area contributed by atoms with Crippen molar-refractivity contribution in [3.8, 4) is 0 Å². The summed E-state index contributed by atoms with van der Waals surface area (Å²) in [5.74, 6) is 1.87. The lowest BCUT2D eigenvalue weighted by molar-refractivity contribution is -0.252. The van der Waals surface area contributed by atoms with E-state index in [2.05, 4.69) is 6.58 Å². The van der Waals surface area contributed by atoms with Crippen LogP contribution in [-0.4, -0.2) is 22.3 Å². The van der Waals surface area contributed by atoms with Gasteiger partial charge in [-0.3, -0.25) is 0 Å². The Kier molecular flexibility index (Phi) is 3.52. The second-order valence-corrected chi connectivity index (χ2v) is 8.96. The molecule has 0 spiro atoms. The molecule has 4 rings (SSSR count). The van der Waals surface area contributed by atoms with Crippen LogP contribution in [0.1, 0.15) is 66.2 Å². The fourth-order valence-corrected chi connectivity index (χ4v) is 5.85. The van der Waals surface area contributed by atoms with Gasteiger partial charge in [0.2, 0.25) is 0 Å². The maximum absolute atomic E-state index is 12.3. The first-order valence-corrected chi connectivity index (χ1v) is 8.67. The zero-order valence-corrected chi connectivity index (χ0v) is 14.4. The Labute approximate surface area is 134 Å². The Morgan fingerprint density at radius 3 is 1.82 bits per heavy atom. The van der Waals surface area contributed by atoms with Crippen LogP contribution in [-0.2, 0) is 9.53 Å². The smallest absolute Gasteiger partial charge is 0.333 e. The largest absolute Gasteiger partial charge is 0.452 e. The molecule has 1 N–H and O–H groups in total. The molecule has 0 heterocycles. The van der Waals surface area contributed by atoms with Gasteiger partial charge in [-0.05, 0) is 84.0 Å². The van der Waals surface area contributed by atoms with Crippen LogP contribution in [0, 0.1) is 23.2 Å². The molecule has 124 valence electrons. The molecule has 4 aliphatic rings. The SMILES string of the molecule is C=C(C)C(=O)OC(C)(C(C)(C)O)C12CC3CC(CC(C3)C1)C2. The van der Waals surface area contributed by atoms with Gasteiger partial charge in [-0.2, -0.15) is 0 Å². The molecule has 0 aromatic carbocycles. The van der Waals surface area contributed by atoms with E-state index in [4.69, 9.17) is 4.74 Å². The number of aliphatic hydroxyl groups is 1. The van der Waals surface area contributed by atoms with E-state index in [9.17, 15) is 9.90 Å². The van der Waals surface area contributed by atoms with Crippen molar-refractivity contribution in [3.05, 3.63) is 12.2 Å². The van der Waals surface area contributed by atoms with Crippen molar-refractivity contribution in [3.63, 3.8) is 0 Å². The molecule has 0 aliphatic heterocycles. The van der Waals surface area contributed by atoms with Crippen LogP contribution < -0.4 is 0 Å². The first kappa shape index (κ1) is 16.0. The minimum Gasteiger partial charge on any atom is -0.452 e. The van der Waals surface area contributed by atoms with Gasteiger partial charge < -0.3 is 9.84 Å². The minimum atomic E-state index is -1.07. The maximum Gasteiger partial charge on any atom is 0.333 e. The number of esters is 1. The highest BCUT2D eigenvalue weighted by Crippen LogP contribution is 2.66. The lowest BCUT2D eigenvalue weighted by Gasteiger charge is -2.64. The zero-order chi connectivity index (χ0) is 16.3. The molecular weight excluding hydrogens is 276 g/mol. The average molecular weight is 306 g/mol. The van der Waals surface area contributed by atoms with Gasteiger partial charge in [0.25, 0.3) is 0 Å². The van der Waals surface area contributed by atoms with Gasteiger partial charge in [0.15, 0.2) is 0 Å². The molecule has 3 nitrogen and oxygen atoms in total. The number of ether oxygens (including phenoxy) is 1. The fourth-order valence-electron chi connectivity index (χ4n) is 5.85. The normalized spacial score (nSPS) is 39.4. The van der Waals surface area contributed by atoms with Crippen LogP contribution >= 0.6 is 0 Å². The Morgan fingerprint density at radius 1 is 1.09 bits per heavy atom. The lowest BCUT2D eigenvalue weighted by Crippen LogP contribution is -2.66. The van der Waals surface area contributed by atoms with Crippen molar-refractivity contribution >= 4 is 5.97 Å². The molecule has 0 aromatic heterocycles. The number of hydrogen-bond donors (Lipinski definition) is 1. The van der Waals surface area contributed by atoms with Crippen molar-refractivity contribution in [2.75, 3.05) is 0 Å². The summed E-state index contributed by atoms with van der Waals surface area (Å²) in [6.07, 6.45) is 7.25. The summed E-state index contributed by atoms with van der Waals surface area (Å²) in [7, 11) is 0. The Morgan fingerprint density at radius 2 is 1.50 bits per heavy atom. The molecule has 4 aliphatic carbocycles. The molecule has 0 radical (unpaired) electrons. The quantitative estimate of drug-likeness (QED) is 0.634. The highest BCUT2D eigenvalue weighted by molar-refractivity contribution is 5.87. The van der Waals surface area contributed by atoms with Gasteiger partial charge in [0, 0.05) is 11.0 Å². The van der Waals surface area contributed by atoms with E-state index in [1.165, 1.54) is 19.3 Å². The second kappa shape index (κ2) is 4.83. The molecule has 1 atom stereocenters. The average Bonchev–Trinajstić information content (AvgIpc) is 2.35. The molecule has 0 aromatic rings. The predicted octanol–water partition coefficient (Wildman–Crippen LogP) is 3.85. The molecule has 0 amide bonds. The van der Waals surface area contributed by atoms with Crippen LogP contribution in [0.4, 0.5) is 0 Å². The van der Waals surface area contributed by atoms with Crippen LogP contribution in [0.15, 0.2) is 12.2 Å². The van der Waals surface area contributed by atoms with Gasteiger partial charge in [-0.1, -0.05) is 6.58 Å². The molecule has 4 saturated carbocycles. The fraction of sp³-hybridized carbons (Fsp3) is 0.842. The lowest BCUT2D eigenvalue weighted by atomic mass is 9.44. The first-order valence-electron chi connectivity index (χ1n) is 8.67. The number of hydrogen-bond acceptors (Lipinski definition) is 3. The topological polar surface area (TPSA) is 46.5 Å². The van der Waals surface area contributed by atoms with Gasteiger partial charge in [0.1, 0.15) is 5.60 Å². The summed E-state index contributed by atoms with van der Waals surface area (Å²) < 4.78 is 5.96. The van der Waals surface area contributed by atoms with Crippen molar-refractivity contribution in [1.82, 2.24) is 0 Å². The standard InChI is InChI=1S/C19H30O3/c1-12(2)16(20)22-18(5,17(3,4)21)19-9-13-6-14(10-19)8-15(7-13)11-19/h13-15,21H,1,6-11H2,2-5H3. The highest BCUT2D eigenvalue weighted by atomic mass is 16.6. The third-order valence-electron chi connectivity index (χ3n) is 6.86. The van der Waals surface area contributed by atoms with Gasteiger partial charge in [-0.25, -0.2) is 4.79 Å². The van der Waals surface area contributed by atoms with Gasteiger partial charge in [-0.15, -0.1) is 0 Å². The minimum absolute atomic E-state index is 0.0783. The van der Waals surface area contributed by atoms with Crippen molar-refractivity contribution in [2.45, 2.75) is 77.4 Å². The molecule has 22 heavy (non-hydrogen) atoms. The monoisotopic (exact) mass is 306 g/mol. The highest BCUT2D eigenvalue weighted by Gasteiger charge is 2.65. The third kappa shape index (κ3) is 2.24. The number of carbonyl (C=O) groups excluding carboxylic acids is 1. The Hall–Kier alpha value is -0.830. The van der Waals surface area contributed by atoms with E-state index in [0.29, 0.717) is 5.57 Å². The summed E-state index contributed by atoms with van der Waals surface area (Å²) in [5, 5.41) is 10.9. The van der Waals surface area contributed by atoms with E-state index in [1.54, 1.807) is 20.8 Å². The van der Waals surface area contributed by atoms with E-state index < -0.39 is 11.2 Å². The van der Waals surface area contributed by atoms with Crippen LogP contribution in [0.2, 0.25) is 0 Å². The zero-order valence-electron chi connectivity index (χ0n) is 14.4. The molecule has 4 bridgehead atoms. The molecular formula is C19H30O3. The van der Waals surface area contributed by atoms with Gasteiger partial charge in [0.05, 0.1) is 5.60 Å². The van der Waals surface area contributed by atoms with Crippen LogP contribution in [0.5, 0.6) is 0 Å². The van der Waals surface area contributed by atoms with Crippen molar-refractivity contribution in [2.24, 2.45) is 23.2 Å². The molecule has 1 unspecified atom stereocenters. The summed E-state index contributed by atoms with van der Waals surface area (Å²) in [5.41, 5.74) is -1.60. The molecule has 3 heteroatoms. The summed E-state index contributed by atoms with van der Waals surface area (Å²) >= 11 is 0. The summed E-state index contributed by atoms with van der Waals surface area (Å²) in [6, 6.07) is 0. The first-order chi connectivity index (χ1) is 10.1. The Bertz CT molecular complexity index is 464. The van der Waals surface area contributed by atoms with E-state index in [1.807, 2.05) is 6.92 Å². The van der Waals surface area contributed by atoms with Crippen molar-refractivity contribution < 1.29 is 14.6 Å². The Balaban J connectivity index is 1.99. The van der Waals surface area contributed by atoms with E-state index >= 15 is 0 Å².